The van der Waals surface area contributed by atoms with Crippen molar-refractivity contribution in [3.8, 4) is 0 Å². The van der Waals surface area contributed by atoms with E-state index < -0.39 is 29.7 Å². The predicted octanol–water partition coefficient (Wildman–Crippen LogP) is 3.54. The summed E-state index contributed by atoms with van der Waals surface area (Å²) in [5.41, 5.74) is 1.95. The van der Waals surface area contributed by atoms with E-state index in [4.69, 9.17) is 0 Å². The normalized spacial score (nSPS) is 16.8. The molecule has 0 radical (unpaired) electrons. The highest BCUT2D eigenvalue weighted by atomic mass is 19.1. The van der Waals surface area contributed by atoms with Crippen molar-refractivity contribution in [2.45, 2.75) is 84.0 Å². The van der Waals surface area contributed by atoms with Gasteiger partial charge in [-0.3, -0.25) is 33.7 Å². The van der Waals surface area contributed by atoms with Gasteiger partial charge in [-0.25, -0.2) is 4.39 Å². The van der Waals surface area contributed by atoms with Crippen molar-refractivity contribution >= 4 is 29.3 Å². The molecule has 1 unspecified atom stereocenters. The zero-order valence-corrected chi connectivity index (χ0v) is 28.4. The maximum atomic E-state index is 15.6. The number of carbonyl (C=O) groups excluding carboxylic acids is 4. The second-order valence-electron chi connectivity index (χ2n) is 12.8. The fourth-order valence-corrected chi connectivity index (χ4v) is 6.68. The Labute approximate surface area is 286 Å². The molecule has 0 spiro atoms. The molecule has 4 amide bonds. The van der Waals surface area contributed by atoms with E-state index in [1.54, 1.807) is 41.0 Å². The molecular weight excluding hydrogens is 627 g/mol. The van der Waals surface area contributed by atoms with E-state index in [9.17, 15) is 19.2 Å². The first-order valence-corrected chi connectivity index (χ1v) is 17.4. The zero-order valence-electron chi connectivity index (χ0n) is 28.4. The highest BCUT2D eigenvalue weighted by Crippen LogP contribution is 2.28. The van der Waals surface area contributed by atoms with Crippen molar-refractivity contribution in [1.29, 1.82) is 0 Å². The summed E-state index contributed by atoms with van der Waals surface area (Å²) in [6, 6.07) is 8.23. The first kappa shape index (κ1) is 35.7. The number of benzene rings is 1. The van der Waals surface area contributed by atoms with Crippen LogP contribution < -0.4 is 16.0 Å². The molecule has 2 fully saturated rings. The molecular formula is C36H47FN8O4. The highest BCUT2D eigenvalue weighted by Gasteiger charge is 2.33. The Morgan fingerprint density at radius 3 is 2.39 bits per heavy atom. The van der Waals surface area contributed by atoms with Crippen LogP contribution in [-0.2, 0) is 33.9 Å². The summed E-state index contributed by atoms with van der Waals surface area (Å²) >= 11 is 0. The number of rotatable bonds is 13. The third kappa shape index (κ3) is 9.50. The molecule has 262 valence electrons. The monoisotopic (exact) mass is 674 g/mol. The summed E-state index contributed by atoms with van der Waals surface area (Å²) in [4.78, 5) is 61.0. The second-order valence-corrected chi connectivity index (χ2v) is 12.8. The molecule has 3 N–H and O–H groups in total. The number of nitrogens with zero attached hydrogens (tertiary/aromatic N) is 5. The molecule has 49 heavy (non-hydrogen) atoms. The van der Waals surface area contributed by atoms with Gasteiger partial charge >= 0.3 is 0 Å². The van der Waals surface area contributed by atoms with Crippen molar-refractivity contribution in [2.24, 2.45) is 5.92 Å². The first-order chi connectivity index (χ1) is 23.7. The minimum Gasteiger partial charge on any atom is -0.344 e. The van der Waals surface area contributed by atoms with E-state index in [-0.39, 0.29) is 36.3 Å². The van der Waals surface area contributed by atoms with Gasteiger partial charge < -0.3 is 20.9 Å². The molecule has 13 heteroatoms. The summed E-state index contributed by atoms with van der Waals surface area (Å²) in [6.07, 6.45) is 9.97. The van der Waals surface area contributed by atoms with Crippen LogP contribution in [0.3, 0.4) is 0 Å². The van der Waals surface area contributed by atoms with Crippen molar-refractivity contribution in [1.82, 2.24) is 35.2 Å². The van der Waals surface area contributed by atoms with Gasteiger partial charge in [0.25, 0.3) is 5.91 Å². The van der Waals surface area contributed by atoms with Crippen LogP contribution in [0.15, 0.2) is 55.0 Å². The average Bonchev–Trinajstić information content (AvgIpc) is 3.61. The van der Waals surface area contributed by atoms with E-state index in [1.165, 1.54) is 12.1 Å². The Morgan fingerprint density at radius 1 is 0.939 bits per heavy atom. The van der Waals surface area contributed by atoms with Crippen LogP contribution in [0.1, 0.15) is 74.0 Å². The summed E-state index contributed by atoms with van der Waals surface area (Å²) < 4.78 is 17.1. The third-order valence-electron chi connectivity index (χ3n) is 9.44. The van der Waals surface area contributed by atoms with E-state index in [2.05, 4.69) is 30.9 Å². The maximum absolute atomic E-state index is 15.6. The van der Waals surface area contributed by atoms with Crippen molar-refractivity contribution in [2.75, 3.05) is 31.5 Å². The standard InChI is InChI=1S/C36H47FN8O4/c1-3-32(46)40-30(36(49)44-19-17-43(18-20-44)24-26-9-8-15-38-23-26)22-25-12-13-29(28(37)21-25)41-35(48)33(27-10-6-5-7-11-27)42-34(47)31-14-16-39-45(31)4-2/h8-9,12-16,21,23,27,30,33H,3-7,10-11,17-20,22,24H2,1-2H3,(H,40,46)(H,41,48)(H,42,47)/t30?,33-/m0/s1. The van der Waals surface area contributed by atoms with Crippen LogP contribution in [0.2, 0.25) is 0 Å². The van der Waals surface area contributed by atoms with Gasteiger partial charge in [0, 0.05) is 70.7 Å². The smallest absolute Gasteiger partial charge is 0.270 e. The van der Waals surface area contributed by atoms with E-state index in [0.29, 0.717) is 44.0 Å². The molecule has 2 atom stereocenters. The predicted molar refractivity (Wildman–Crippen MR) is 183 cm³/mol. The van der Waals surface area contributed by atoms with Gasteiger partial charge in [0.2, 0.25) is 17.7 Å². The lowest BCUT2D eigenvalue weighted by molar-refractivity contribution is -0.138. The van der Waals surface area contributed by atoms with Gasteiger partial charge in [0.05, 0.1) is 5.69 Å². The van der Waals surface area contributed by atoms with Crippen LogP contribution in [0.4, 0.5) is 10.1 Å². The van der Waals surface area contributed by atoms with Crippen molar-refractivity contribution in [3.63, 3.8) is 0 Å². The topological polar surface area (TPSA) is 142 Å². The van der Waals surface area contributed by atoms with Gasteiger partial charge in [0.1, 0.15) is 23.6 Å². The molecule has 12 nitrogen and oxygen atoms in total. The third-order valence-corrected chi connectivity index (χ3v) is 9.44. The fourth-order valence-electron chi connectivity index (χ4n) is 6.68. The largest absolute Gasteiger partial charge is 0.344 e. The molecule has 3 heterocycles. The second kappa shape index (κ2) is 17.1. The Bertz CT molecular complexity index is 1580. The minimum atomic E-state index is -0.861. The molecule has 1 saturated carbocycles. The fraction of sp³-hybridized carbons (Fsp3) is 0.500. The number of amides is 4. The number of hydrogen-bond donors (Lipinski definition) is 3. The number of nitrogens with one attached hydrogen (secondary N) is 3. The van der Waals surface area contributed by atoms with Gasteiger partial charge in [-0.2, -0.15) is 5.10 Å². The number of anilines is 1. The van der Waals surface area contributed by atoms with Gasteiger partial charge in [-0.05, 0) is 61.1 Å². The molecule has 1 aliphatic carbocycles. The number of aromatic nitrogens is 3. The van der Waals surface area contributed by atoms with Crippen LogP contribution in [0.5, 0.6) is 0 Å². The highest BCUT2D eigenvalue weighted by molar-refractivity contribution is 6.00. The molecule has 5 rings (SSSR count). The molecule has 1 saturated heterocycles. The number of hydrogen-bond acceptors (Lipinski definition) is 7. The van der Waals surface area contributed by atoms with E-state index in [0.717, 1.165) is 44.2 Å². The van der Waals surface area contributed by atoms with Crippen LogP contribution in [-0.4, -0.2) is 86.5 Å². The quantitative estimate of drug-likeness (QED) is 0.252. The molecule has 0 bridgehead atoms. The number of pyridine rings is 1. The molecule has 1 aromatic carbocycles. The van der Waals surface area contributed by atoms with E-state index >= 15 is 4.39 Å². The van der Waals surface area contributed by atoms with Gasteiger partial charge in [0.15, 0.2) is 0 Å². The summed E-state index contributed by atoms with van der Waals surface area (Å²) in [6.45, 7) is 7.23. The lowest BCUT2D eigenvalue weighted by Gasteiger charge is -2.36. The lowest BCUT2D eigenvalue weighted by Crippen LogP contribution is -2.55. The molecule has 3 aromatic rings. The van der Waals surface area contributed by atoms with Crippen LogP contribution in [0, 0.1) is 11.7 Å². The van der Waals surface area contributed by atoms with Crippen LogP contribution >= 0.6 is 0 Å². The Kier molecular flexibility index (Phi) is 12.5. The van der Waals surface area contributed by atoms with Crippen molar-refractivity contribution < 1.29 is 23.6 Å². The number of halogens is 1. The molecule has 2 aromatic heterocycles. The average molecular weight is 675 g/mol. The summed E-state index contributed by atoms with van der Waals surface area (Å²) in [7, 11) is 0. The minimum absolute atomic E-state index is 0.0207. The Hall–Kier alpha value is -4.65. The zero-order chi connectivity index (χ0) is 34.8. The van der Waals surface area contributed by atoms with Gasteiger partial charge in [-0.15, -0.1) is 0 Å². The first-order valence-electron chi connectivity index (χ1n) is 17.4. The maximum Gasteiger partial charge on any atom is 0.270 e. The SMILES string of the molecule is CCC(=O)NC(Cc1ccc(NC(=O)[C@@H](NC(=O)c2ccnn2CC)C2CCCCC2)c(F)c1)C(=O)N1CCN(Cc2cccnc2)CC1. The van der Waals surface area contributed by atoms with Crippen LogP contribution in [0.25, 0.3) is 0 Å². The number of aryl methyl sites for hydroxylation is 1. The summed E-state index contributed by atoms with van der Waals surface area (Å²) in [5, 5.41) is 12.6. The molecule has 1 aliphatic heterocycles. The van der Waals surface area contributed by atoms with Crippen molar-refractivity contribution in [3.05, 3.63) is 77.6 Å². The van der Waals surface area contributed by atoms with Gasteiger partial charge in [-0.1, -0.05) is 38.3 Å². The number of piperazine rings is 1. The van der Waals surface area contributed by atoms with E-state index in [1.807, 2.05) is 25.3 Å². The summed E-state index contributed by atoms with van der Waals surface area (Å²) in [5.74, 6) is -2.11. The Morgan fingerprint density at radius 2 is 1.71 bits per heavy atom. The number of carbonyl (C=O) groups is 4. The Balaban J connectivity index is 1.24. The molecule has 2 aliphatic rings. The lowest BCUT2D eigenvalue weighted by atomic mass is 9.83.